The van der Waals surface area contributed by atoms with Crippen LogP contribution in [0.15, 0.2) is 88.5 Å². The summed E-state index contributed by atoms with van der Waals surface area (Å²) in [6.45, 7) is 0. The molecule has 0 bridgehead atoms. The van der Waals surface area contributed by atoms with Crippen molar-refractivity contribution in [2.24, 2.45) is 0 Å². The van der Waals surface area contributed by atoms with Crippen molar-refractivity contribution in [3.63, 3.8) is 0 Å². The number of aromatic nitrogens is 3. The zero-order chi connectivity index (χ0) is 21.5. The maximum atomic E-state index is 13.4. The standard InChI is InChI=1S/C24H14N4O3/c25-14-15-6-7-16-13-20-22(27(21(16)12-15)18-8-10-19(29)11-9-18)26-24(31)28(23(20)30)17-4-2-1-3-5-17/h1-13,29H. The molecule has 0 saturated heterocycles. The first-order chi connectivity index (χ1) is 15.1. The van der Waals surface area contributed by atoms with Gasteiger partial charge in [0.2, 0.25) is 0 Å². The number of phenolic OH excluding ortho intramolecular Hbond substituents is 1. The molecule has 2 aliphatic rings. The smallest absolute Gasteiger partial charge is 0.357 e. The number of nitrogens with zero attached hydrogens (tertiary/aromatic N) is 4. The van der Waals surface area contributed by atoms with Gasteiger partial charge in [-0.15, -0.1) is 0 Å². The molecule has 2 heterocycles. The third kappa shape index (κ3) is 2.94. The van der Waals surface area contributed by atoms with Gasteiger partial charge in [-0.25, -0.2) is 9.36 Å². The summed E-state index contributed by atoms with van der Waals surface area (Å²) in [5, 5.41) is 19.7. The quantitative estimate of drug-likeness (QED) is 0.454. The van der Waals surface area contributed by atoms with E-state index in [0.29, 0.717) is 27.8 Å². The Labute approximate surface area is 175 Å². The molecular formula is C24H14N4O3. The van der Waals surface area contributed by atoms with E-state index in [9.17, 15) is 20.0 Å². The van der Waals surface area contributed by atoms with Crippen molar-refractivity contribution in [2.75, 3.05) is 0 Å². The second-order valence-electron chi connectivity index (χ2n) is 6.99. The van der Waals surface area contributed by atoms with Crippen LogP contribution in [0.4, 0.5) is 0 Å². The molecule has 7 heteroatoms. The number of para-hydroxylation sites is 1. The number of rotatable bonds is 2. The number of fused-ring (bicyclic) bond motifs is 2. The highest BCUT2D eigenvalue weighted by Gasteiger charge is 2.21. The van der Waals surface area contributed by atoms with Gasteiger partial charge in [0, 0.05) is 5.69 Å². The van der Waals surface area contributed by atoms with Crippen molar-refractivity contribution in [1.82, 2.24) is 14.1 Å². The summed E-state index contributed by atoms with van der Waals surface area (Å²) in [5.41, 5.74) is 1.14. The van der Waals surface area contributed by atoms with Gasteiger partial charge < -0.3 is 5.11 Å². The third-order valence-electron chi connectivity index (χ3n) is 5.10. The zero-order valence-electron chi connectivity index (χ0n) is 16.1. The average Bonchev–Trinajstić information content (AvgIpc) is 2.79. The Morgan fingerprint density at radius 3 is 2.26 bits per heavy atom. The number of hydrogen-bond donors (Lipinski definition) is 1. The minimum Gasteiger partial charge on any atom is -0.508 e. The molecule has 0 amide bonds. The minimum atomic E-state index is -0.702. The third-order valence-corrected chi connectivity index (χ3v) is 5.10. The van der Waals surface area contributed by atoms with Crippen molar-refractivity contribution in [2.45, 2.75) is 0 Å². The molecule has 0 atom stereocenters. The van der Waals surface area contributed by atoms with Gasteiger partial charge in [-0.2, -0.15) is 10.2 Å². The number of pyridine rings is 1. The second-order valence-corrected chi connectivity index (χ2v) is 6.99. The molecule has 2 aliphatic heterocycles. The molecule has 31 heavy (non-hydrogen) atoms. The summed E-state index contributed by atoms with van der Waals surface area (Å²) in [7, 11) is 0. The maximum Gasteiger partial charge on any atom is 0.357 e. The van der Waals surface area contributed by atoms with Gasteiger partial charge in [-0.3, -0.25) is 9.36 Å². The van der Waals surface area contributed by atoms with Crippen LogP contribution in [-0.4, -0.2) is 19.2 Å². The van der Waals surface area contributed by atoms with Gasteiger partial charge in [0.05, 0.1) is 28.4 Å². The van der Waals surface area contributed by atoms with Crippen molar-refractivity contribution >= 4 is 10.9 Å². The molecule has 0 spiro atoms. The number of benzene rings is 3. The van der Waals surface area contributed by atoms with E-state index in [0.717, 1.165) is 4.57 Å². The Kier molecular flexibility index (Phi) is 4.12. The van der Waals surface area contributed by atoms with Crippen molar-refractivity contribution in [3.05, 3.63) is 105 Å². The lowest BCUT2D eigenvalue weighted by molar-refractivity contribution is 0.475. The van der Waals surface area contributed by atoms with E-state index < -0.39 is 11.2 Å². The van der Waals surface area contributed by atoms with E-state index in [1.807, 2.05) is 0 Å². The predicted octanol–water partition coefficient (Wildman–Crippen LogP) is 3.22. The molecule has 0 saturated carbocycles. The molecule has 0 fully saturated rings. The first-order valence-electron chi connectivity index (χ1n) is 9.44. The molecule has 3 aromatic carbocycles. The van der Waals surface area contributed by atoms with E-state index in [4.69, 9.17) is 0 Å². The van der Waals surface area contributed by atoms with Crippen LogP contribution in [0.1, 0.15) is 5.56 Å². The first kappa shape index (κ1) is 18.3. The summed E-state index contributed by atoms with van der Waals surface area (Å²) in [6, 6.07) is 23.8. The lowest BCUT2D eigenvalue weighted by Crippen LogP contribution is -2.36. The van der Waals surface area contributed by atoms with Crippen LogP contribution < -0.4 is 11.2 Å². The molecule has 0 unspecified atom stereocenters. The van der Waals surface area contributed by atoms with Crippen molar-refractivity contribution in [3.8, 4) is 34.6 Å². The van der Waals surface area contributed by atoms with Gasteiger partial charge in [0.1, 0.15) is 5.75 Å². The Balaban J connectivity index is 1.96. The van der Waals surface area contributed by atoms with Crippen LogP contribution in [0, 0.1) is 11.3 Å². The zero-order valence-corrected chi connectivity index (χ0v) is 16.1. The highest BCUT2D eigenvalue weighted by atomic mass is 16.3. The van der Waals surface area contributed by atoms with Crippen LogP contribution >= 0.6 is 0 Å². The van der Waals surface area contributed by atoms with Crippen LogP contribution in [0.5, 0.6) is 5.75 Å². The summed E-state index contributed by atoms with van der Waals surface area (Å²) in [6.07, 6.45) is 0. The SMILES string of the molecule is N#Cc1ccc2cc3c(=O)n(-c4ccccc4)c(=O)nc-3n(-c3ccc(O)cc3)c2c1. The number of nitriles is 1. The lowest BCUT2D eigenvalue weighted by Gasteiger charge is -2.19. The fourth-order valence-corrected chi connectivity index (χ4v) is 3.67. The van der Waals surface area contributed by atoms with Gasteiger partial charge in [0.25, 0.3) is 5.56 Å². The molecule has 148 valence electrons. The van der Waals surface area contributed by atoms with Crippen molar-refractivity contribution in [1.29, 1.82) is 5.26 Å². The molecule has 5 rings (SSSR count). The maximum absolute atomic E-state index is 13.4. The normalized spacial score (nSPS) is 10.9. The topological polar surface area (TPSA) is 101 Å². The molecule has 7 nitrogen and oxygen atoms in total. The van der Waals surface area contributed by atoms with Crippen LogP contribution in [0.2, 0.25) is 0 Å². The summed E-state index contributed by atoms with van der Waals surface area (Å²) >= 11 is 0. The molecule has 0 radical (unpaired) electrons. The Bertz CT molecular complexity index is 1580. The van der Waals surface area contributed by atoms with E-state index in [1.54, 1.807) is 71.3 Å². The van der Waals surface area contributed by atoms with Crippen LogP contribution in [0.3, 0.4) is 0 Å². The first-order valence-corrected chi connectivity index (χ1v) is 9.44. The monoisotopic (exact) mass is 406 g/mol. The fourth-order valence-electron chi connectivity index (χ4n) is 3.67. The molecule has 0 aliphatic carbocycles. The number of hydrogen-bond acceptors (Lipinski definition) is 5. The van der Waals surface area contributed by atoms with Gasteiger partial charge in [0.15, 0.2) is 5.82 Å². The summed E-state index contributed by atoms with van der Waals surface area (Å²) in [5.74, 6) is 0.256. The van der Waals surface area contributed by atoms with E-state index in [1.165, 1.54) is 12.1 Å². The highest BCUT2D eigenvalue weighted by molar-refractivity contribution is 5.88. The summed E-state index contributed by atoms with van der Waals surface area (Å²) in [4.78, 5) is 30.5. The highest BCUT2D eigenvalue weighted by Crippen LogP contribution is 2.29. The number of phenols is 1. The number of aromatic hydroxyl groups is 1. The Morgan fingerprint density at radius 1 is 0.839 bits per heavy atom. The van der Waals surface area contributed by atoms with Crippen LogP contribution in [-0.2, 0) is 0 Å². The second kappa shape index (κ2) is 6.97. The van der Waals surface area contributed by atoms with Gasteiger partial charge in [-0.05, 0) is 60.0 Å². The summed E-state index contributed by atoms with van der Waals surface area (Å²) < 4.78 is 2.70. The largest absolute Gasteiger partial charge is 0.508 e. The van der Waals surface area contributed by atoms with Crippen molar-refractivity contribution < 1.29 is 5.11 Å². The van der Waals surface area contributed by atoms with Gasteiger partial charge in [-0.1, -0.05) is 24.3 Å². The predicted molar refractivity (Wildman–Crippen MR) is 116 cm³/mol. The molecule has 1 N–H and O–H groups in total. The van der Waals surface area contributed by atoms with E-state index in [2.05, 4.69) is 11.1 Å². The average molecular weight is 406 g/mol. The lowest BCUT2D eigenvalue weighted by atomic mass is 10.1. The fraction of sp³-hybridized carbons (Fsp3) is 0. The molecular weight excluding hydrogens is 392 g/mol. The van der Waals surface area contributed by atoms with E-state index >= 15 is 0 Å². The Hall–Kier alpha value is -4.70. The molecule has 0 aromatic heterocycles. The minimum absolute atomic E-state index is 0.0792. The van der Waals surface area contributed by atoms with Crippen LogP contribution in [0.25, 0.3) is 33.7 Å². The molecule has 3 aromatic rings. The Morgan fingerprint density at radius 2 is 1.55 bits per heavy atom. The van der Waals surface area contributed by atoms with E-state index in [-0.39, 0.29) is 17.1 Å². The van der Waals surface area contributed by atoms with Gasteiger partial charge >= 0.3 is 5.69 Å².